The molecule has 1 fully saturated rings. The van der Waals surface area contributed by atoms with Crippen molar-refractivity contribution in [3.63, 3.8) is 0 Å². The molecule has 0 aliphatic carbocycles. The molecule has 0 spiro atoms. The summed E-state index contributed by atoms with van der Waals surface area (Å²) in [7, 11) is 2.19. The van der Waals surface area contributed by atoms with E-state index in [0.717, 1.165) is 57.1 Å². The van der Waals surface area contributed by atoms with E-state index in [0.29, 0.717) is 0 Å². The van der Waals surface area contributed by atoms with Gasteiger partial charge in [0.15, 0.2) is 0 Å². The van der Waals surface area contributed by atoms with E-state index in [-0.39, 0.29) is 6.04 Å². The first-order valence-electron chi connectivity index (χ1n) is 7.32. The van der Waals surface area contributed by atoms with Gasteiger partial charge in [0.2, 0.25) is 0 Å². The molecule has 0 saturated carbocycles. The number of hydrogen-bond donors (Lipinski definition) is 1. The van der Waals surface area contributed by atoms with E-state index >= 15 is 0 Å². The average molecular weight is 264 g/mol. The summed E-state index contributed by atoms with van der Waals surface area (Å²) in [5.41, 5.74) is 6.07. The molecule has 3 rings (SSSR count). The minimum Gasteiger partial charge on any atom is -0.321 e. The van der Waals surface area contributed by atoms with E-state index in [1.807, 2.05) is 0 Å². The summed E-state index contributed by atoms with van der Waals surface area (Å²) in [6, 6.07) is 0.0821. The van der Waals surface area contributed by atoms with Crippen molar-refractivity contribution in [3.8, 4) is 0 Å². The van der Waals surface area contributed by atoms with Crippen LogP contribution in [0.4, 0.5) is 0 Å². The largest absolute Gasteiger partial charge is 0.321 e. The van der Waals surface area contributed by atoms with Crippen LogP contribution in [0.3, 0.4) is 0 Å². The zero-order valence-corrected chi connectivity index (χ0v) is 11.8. The second-order valence-corrected chi connectivity index (χ2v) is 5.77. The van der Waals surface area contributed by atoms with E-state index < -0.39 is 0 Å². The molecule has 0 bridgehead atoms. The molecule has 6 heteroatoms. The molecule has 2 N–H and O–H groups in total. The first-order chi connectivity index (χ1) is 9.24. The number of hydrogen-bond acceptors (Lipinski definition) is 5. The molecule has 2 aliphatic rings. The van der Waals surface area contributed by atoms with Crippen molar-refractivity contribution in [3.05, 3.63) is 11.6 Å². The van der Waals surface area contributed by atoms with Gasteiger partial charge in [-0.1, -0.05) is 0 Å². The van der Waals surface area contributed by atoms with Crippen molar-refractivity contribution >= 4 is 0 Å². The topological polar surface area (TPSA) is 63.2 Å². The molecule has 1 aromatic heterocycles. The fourth-order valence-electron chi connectivity index (χ4n) is 2.98. The van der Waals surface area contributed by atoms with Crippen LogP contribution in [0.2, 0.25) is 0 Å². The van der Waals surface area contributed by atoms with Gasteiger partial charge in [-0.25, -0.2) is 0 Å². The summed E-state index contributed by atoms with van der Waals surface area (Å²) in [6.07, 6.45) is 3.17. The van der Waals surface area contributed by atoms with Crippen molar-refractivity contribution in [2.75, 3.05) is 39.8 Å². The second-order valence-electron chi connectivity index (χ2n) is 5.77. The number of nitrogens with zero attached hydrogens (tertiary/aromatic N) is 5. The van der Waals surface area contributed by atoms with Gasteiger partial charge in [0, 0.05) is 45.7 Å². The van der Waals surface area contributed by atoms with Gasteiger partial charge in [0.1, 0.15) is 11.6 Å². The number of likely N-dealkylation sites (N-methyl/N-ethyl adjacent to an activating group) is 1. The Bertz CT molecular complexity index is 421. The Labute approximate surface area is 114 Å². The van der Waals surface area contributed by atoms with E-state index in [4.69, 9.17) is 5.73 Å². The maximum Gasteiger partial charge on any atom is 0.149 e. The predicted molar refractivity (Wildman–Crippen MR) is 73.8 cm³/mol. The SMILES string of the molecule is CN1CCN(CCc2nnc3n2CCCC3N)CC1. The molecule has 1 unspecified atom stereocenters. The Morgan fingerprint density at radius 2 is 1.95 bits per heavy atom. The third kappa shape index (κ3) is 2.80. The van der Waals surface area contributed by atoms with Crippen molar-refractivity contribution in [1.29, 1.82) is 0 Å². The molecule has 0 radical (unpaired) electrons. The standard InChI is InChI=1S/C13H24N6/c1-17-7-9-18(10-8-17)6-4-12-15-16-13-11(14)3-2-5-19(12)13/h11H,2-10,14H2,1H3. The van der Waals surface area contributed by atoms with Crippen LogP contribution in [-0.2, 0) is 13.0 Å². The second kappa shape index (κ2) is 5.56. The minimum absolute atomic E-state index is 0.0821. The number of fused-ring (bicyclic) bond motifs is 1. The smallest absolute Gasteiger partial charge is 0.149 e. The van der Waals surface area contributed by atoms with Crippen molar-refractivity contribution < 1.29 is 0 Å². The fraction of sp³-hybridized carbons (Fsp3) is 0.846. The van der Waals surface area contributed by atoms with E-state index in [9.17, 15) is 0 Å². The molecule has 1 aromatic rings. The highest BCUT2D eigenvalue weighted by molar-refractivity contribution is 5.03. The molecule has 2 aliphatic heterocycles. The van der Waals surface area contributed by atoms with E-state index in [2.05, 4.69) is 31.6 Å². The summed E-state index contributed by atoms with van der Waals surface area (Å²) < 4.78 is 2.24. The quantitative estimate of drug-likeness (QED) is 0.823. The summed E-state index contributed by atoms with van der Waals surface area (Å²) in [5.74, 6) is 2.10. The molecule has 0 aromatic carbocycles. The molecule has 3 heterocycles. The van der Waals surface area contributed by atoms with Crippen molar-refractivity contribution in [2.24, 2.45) is 5.73 Å². The molecular weight excluding hydrogens is 240 g/mol. The molecular formula is C13H24N6. The van der Waals surface area contributed by atoms with E-state index in [1.165, 1.54) is 13.1 Å². The number of nitrogens with two attached hydrogens (primary N) is 1. The molecule has 1 saturated heterocycles. The highest BCUT2D eigenvalue weighted by atomic mass is 15.3. The highest BCUT2D eigenvalue weighted by Gasteiger charge is 2.22. The predicted octanol–water partition coefficient (Wildman–Crippen LogP) is -0.138. The Morgan fingerprint density at radius 1 is 1.16 bits per heavy atom. The van der Waals surface area contributed by atoms with Crippen LogP contribution in [0.5, 0.6) is 0 Å². The maximum absolute atomic E-state index is 6.07. The van der Waals surface area contributed by atoms with Crippen molar-refractivity contribution in [1.82, 2.24) is 24.6 Å². The Morgan fingerprint density at radius 3 is 2.74 bits per heavy atom. The lowest BCUT2D eigenvalue weighted by Gasteiger charge is -2.32. The Balaban J connectivity index is 1.58. The zero-order valence-electron chi connectivity index (χ0n) is 11.8. The first kappa shape index (κ1) is 13.0. The summed E-state index contributed by atoms with van der Waals surface area (Å²) in [6.45, 7) is 6.79. The number of piperazine rings is 1. The number of rotatable bonds is 3. The van der Waals surface area contributed by atoms with Gasteiger partial charge in [0.25, 0.3) is 0 Å². The van der Waals surface area contributed by atoms with Gasteiger partial charge in [0.05, 0.1) is 6.04 Å². The summed E-state index contributed by atoms with van der Waals surface area (Å²) in [4.78, 5) is 4.90. The van der Waals surface area contributed by atoms with Crippen LogP contribution < -0.4 is 5.73 Å². The third-order valence-electron chi connectivity index (χ3n) is 4.33. The first-order valence-corrected chi connectivity index (χ1v) is 7.32. The van der Waals surface area contributed by atoms with Gasteiger partial charge >= 0.3 is 0 Å². The molecule has 0 amide bonds. The maximum atomic E-state index is 6.07. The monoisotopic (exact) mass is 264 g/mol. The normalized spacial score (nSPS) is 25.5. The van der Waals surface area contributed by atoms with Crippen LogP contribution in [0.25, 0.3) is 0 Å². The van der Waals surface area contributed by atoms with Gasteiger partial charge in [-0.3, -0.25) is 0 Å². The average Bonchev–Trinajstić information content (AvgIpc) is 2.83. The van der Waals surface area contributed by atoms with Crippen LogP contribution >= 0.6 is 0 Å². The molecule has 19 heavy (non-hydrogen) atoms. The van der Waals surface area contributed by atoms with Crippen LogP contribution in [0.15, 0.2) is 0 Å². The lowest BCUT2D eigenvalue weighted by Crippen LogP contribution is -2.45. The Kier molecular flexibility index (Phi) is 3.81. The lowest BCUT2D eigenvalue weighted by atomic mass is 10.1. The molecule has 106 valence electrons. The molecule has 1 atom stereocenters. The highest BCUT2D eigenvalue weighted by Crippen LogP contribution is 2.22. The molecule has 6 nitrogen and oxygen atoms in total. The van der Waals surface area contributed by atoms with Gasteiger partial charge in [-0.15, -0.1) is 10.2 Å². The van der Waals surface area contributed by atoms with Crippen molar-refractivity contribution in [2.45, 2.75) is 31.8 Å². The summed E-state index contributed by atoms with van der Waals surface area (Å²) in [5, 5.41) is 8.62. The van der Waals surface area contributed by atoms with Gasteiger partial charge in [-0.05, 0) is 19.9 Å². The Hall–Kier alpha value is -0.980. The van der Waals surface area contributed by atoms with Crippen LogP contribution in [-0.4, -0.2) is 64.3 Å². The van der Waals surface area contributed by atoms with Crippen LogP contribution in [0, 0.1) is 0 Å². The zero-order chi connectivity index (χ0) is 13.2. The van der Waals surface area contributed by atoms with Crippen LogP contribution in [0.1, 0.15) is 30.5 Å². The van der Waals surface area contributed by atoms with Gasteiger partial charge < -0.3 is 20.1 Å². The minimum atomic E-state index is 0.0821. The van der Waals surface area contributed by atoms with Gasteiger partial charge in [-0.2, -0.15) is 0 Å². The number of aromatic nitrogens is 3. The summed E-state index contributed by atoms with van der Waals surface area (Å²) >= 11 is 0. The lowest BCUT2D eigenvalue weighted by molar-refractivity contribution is 0.154. The fourth-order valence-corrected chi connectivity index (χ4v) is 2.98. The van der Waals surface area contributed by atoms with E-state index in [1.54, 1.807) is 0 Å². The third-order valence-corrected chi connectivity index (χ3v) is 4.33.